The molecule has 1 aromatic carbocycles. The fraction of sp³-hybridized carbons (Fsp3) is 0.615. The van der Waals surface area contributed by atoms with Crippen LogP contribution in [0.5, 0.6) is 11.6 Å². The zero-order valence-corrected chi connectivity index (χ0v) is 33.6. The molecule has 1 aromatic heterocycles. The maximum Gasteiger partial charge on any atom is 0.408 e. The lowest BCUT2D eigenvalue weighted by Gasteiger charge is -2.35. The number of alkyl carbamates (subject to hydrolysis) is 1. The predicted molar refractivity (Wildman–Crippen MR) is 204 cm³/mol. The molecule has 2 saturated carbocycles. The Hall–Kier alpha value is -4.48. The number of carbonyl (C=O) groups is 4. The van der Waals surface area contributed by atoms with Gasteiger partial charge in [0.25, 0.3) is 5.91 Å². The maximum atomic E-state index is 14.7. The summed E-state index contributed by atoms with van der Waals surface area (Å²) < 4.78 is 56.5. The lowest BCUT2D eigenvalue weighted by molar-refractivity contribution is -0.142. The zero-order chi connectivity index (χ0) is 40.6. The molecule has 0 radical (unpaired) electrons. The third kappa shape index (κ3) is 9.05. The van der Waals surface area contributed by atoms with Crippen LogP contribution in [-0.4, -0.2) is 104 Å². The Labute approximate surface area is 327 Å². The first-order chi connectivity index (χ1) is 26.4. The van der Waals surface area contributed by atoms with Crippen molar-refractivity contribution in [3.05, 3.63) is 43.1 Å². The van der Waals surface area contributed by atoms with Crippen molar-refractivity contribution >= 4 is 44.9 Å². The lowest BCUT2D eigenvalue weighted by Crippen LogP contribution is -2.59. The van der Waals surface area contributed by atoms with Crippen LogP contribution < -0.4 is 24.8 Å². The highest BCUT2D eigenvalue weighted by molar-refractivity contribution is 7.85. The van der Waals surface area contributed by atoms with Gasteiger partial charge in [-0.15, -0.1) is 6.58 Å². The highest BCUT2D eigenvalue weighted by Crippen LogP contribution is 2.48. The Kier molecular flexibility index (Phi) is 11.6. The van der Waals surface area contributed by atoms with Crippen LogP contribution in [0, 0.1) is 17.8 Å². The van der Waals surface area contributed by atoms with Gasteiger partial charge < -0.3 is 34.5 Å². The molecule has 6 rings (SSSR count). The van der Waals surface area contributed by atoms with E-state index in [1.54, 1.807) is 52.3 Å². The van der Waals surface area contributed by atoms with Gasteiger partial charge in [0.05, 0.1) is 19.3 Å². The van der Waals surface area contributed by atoms with E-state index < -0.39 is 75.0 Å². The van der Waals surface area contributed by atoms with Crippen LogP contribution in [0.3, 0.4) is 0 Å². The average molecular weight is 800 g/mol. The highest BCUT2D eigenvalue weighted by atomic mass is 32.2. The minimum Gasteiger partial charge on any atom is -0.497 e. The Morgan fingerprint density at radius 3 is 2.43 bits per heavy atom. The molecule has 5 atom stereocenters. The summed E-state index contributed by atoms with van der Waals surface area (Å²) in [5, 5.41) is 7.03. The molecule has 56 heavy (non-hydrogen) atoms. The molecule has 3 heterocycles. The molecule has 16 nitrogen and oxygen atoms in total. The minimum absolute atomic E-state index is 0.00644. The number of nitrogens with one attached hydrogen (secondary N) is 3. The number of nitrogens with zero attached hydrogens (tertiary/aromatic N) is 2. The summed E-state index contributed by atoms with van der Waals surface area (Å²) in [6.45, 7) is 13.3. The molecule has 0 unspecified atom stereocenters. The largest absolute Gasteiger partial charge is 0.497 e. The third-order valence-corrected chi connectivity index (χ3v) is 12.1. The smallest absolute Gasteiger partial charge is 0.408 e. The van der Waals surface area contributed by atoms with Crippen LogP contribution in [0.1, 0.15) is 73.1 Å². The second-order valence-corrected chi connectivity index (χ2v) is 17.7. The topological polar surface area (TPSA) is 201 Å². The summed E-state index contributed by atoms with van der Waals surface area (Å²) >= 11 is 0. The van der Waals surface area contributed by atoms with Crippen molar-refractivity contribution in [3.8, 4) is 11.6 Å². The summed E-state index contributed by atoms with van der Waals surface area (Å²) in [5.74, 6) is -2.34. The summed E-state index contributed by atoms with van der Waals surface area (Å²) in [6.07, 6.45) is 3.60. The average Bonchev–Trinajstić information content (AvgIpc) is 4.03. The van der Waals surface area contributed by atoms with Gasteiger partial charge in [-0.1, -0.05) is 19.9 Å². The molecule has 306 valence electrons. The van der Waals surface area contributed by atoms with Gasteiger partial charge in [-0.2, -0.15) is 8.42 Å². The number of aromatic nitrogens is 1. The molecule has 4 aliphatic rings. The van der Waals surface area contributed by atoms with E-state index in [0.717, 1.165) is 5.39 Å². The van der Waals surface area contributed by atoms with Crippen molar-refractivity contribution in [1.29, 1.82) is 0 Å². The summed E-state index contributed by atoms with van der Waals surface area (Å²) in [6, 6.07) is 4.95. The number of hydrogen-bond acceptors (Lipinski definition) is 12. The number of fused-ring (bicyclic) bond motifs is 1. The van der Waals surface area contributed by atoms with Gasteiger partial charge in [0.1, 0.15) is 35.1 Å². The van der Waals surface area contributed by atoms with E-state index in [4.69, 9.17) is 23.1 Å². The SMILES string of the molecule is C=C[C@@H]1C[C@]1(NC(=O)[C@@H]1C[C@@H](Oc2nccc3cc(OC)ccc23)CN1C(=O)[C@@H](NC(=O)OC(C)(C)C)C1CCOCC1)C(=O)NS(=O)(=O)OC1(C(C)C)CC1. The maximum absolute atomic E-state index is 14.7. The number of pyridine rings is 1. The molecule has 2 aromatic rings. The van der Waals surface area contributed by atoms with E-state index in [1.807, 2.05) is 24.6 Å². The molecule has 4 amide bonds. The standard InChI is InChI=1S/C39H53N5O11S/c1-8-26-21-39(26,35(47)43-56(49,50)55-38(14-15-38)23(2)3)42-32(45)30-20-28(53-33-29-10-9-27(51-7)19-25(29)11-16-40-33)22-44(30)34(46)31(24-12-17-52-18-13-24)41-36(48)54-37(4,5)6/h8-11,16,19,23-24,26,28,30-31H,1,12-15,17-18,20-22H2,2-7H3,(H,41,48)(H,42,45)(H,43,47)/t26-,28-,30+,31+,39-/m1/s1. The fourth-order valence-electron chi connectivity index (χ4n) is 7.59. The van der Waals surface area contributed by atoms with Crippen molar-refractivity contribution < 1.29 is 50.7 Å². The van der Waals surface area contributed by atoms with Crippen molar-refractivity contribution in [2.45, 2.75) is 108 Å². The Bertz CT molecular complexity index is 1960. The van der Waals surface area contributed by atoms with Gasteiger partial charge in [0.2, 0.25) is 17.7 Å². The van der Waals surface area contributed by atoms with E-state index >= 15 is 0 Å². The molecule has 2 aliphatic carbocycles. The van der Waals surface area contributed by atoms with Gasteiger partial charge in [-0.05, 0) is 94.4 Å². The Morgan fingerprint density at radius 2 is 1.82 bits per heavy atom. The van der Waals surface area contributed by atoms with Gasteiger partial charge in [-0.25, -0.2) is 18.7 Å². The number of amides is 4. The molecule has 0 bridgehead atoms. The van der Waals surface area contributed by atoms with Crippen LogP contribution >= 0.6 is 0 Å². The number of rotatable bonds is 14. The van der Waals surface area contributed by atoms with Crippen LogP contribution in [0.2, 0.25) is 0 Å². The fourth-order valence-corrected chi connectivity index (χ4v) is 8.83. The second-order valence-electron chi connectivity index (χ2n) is 16.5. The molecular formula is C39H53N5O11S. The number of hydrogen-bond donors (Lipinski definition) is 3. The van der Waals surface area contributed by atoms with E-state index in [1.165, 1.54) is 11.0 Å². The molecule has 17 heteroatoms. The highest BCUT2D eigenvalue weighted by Gasteiger charge is 2.62. The second kappa shape index (κ2) is 15.8. The van der Waals surface area contributed by atoms with Gasteiger partial charge in [-0.3, -0.25) is 14.4 Å². The summed E-state index contributed by atoms with van der Waals surface area (Å²) in [4.78, 5) is 61.8. The quantitative estimate of drug-likeness (QED) is 0.235. The lowest BCUT2D eigenvalue weighted by atomic mass is 9.90. The predicted octanol–water partition coefficient (Wildman–Crippen LogP) is 3.54. The Balaban J connectivity index is 1.28. The van der Waals surface area contributed by atoms with Crippen molar-refractivity contribution in [3.63, 3.8) is 0 Å². The number of likely N-dealkylation sites (tertiary alicyclic amines) is 1. The molecule has 0 spiro atoms. The first-order valence-electron chi connectivity index (χ1n) is 19.1. The first-order valence-corrected chi connectivity index (χ1v) is 20.5. The number of methoxy groups -OCH3 is 1. The van der Waals surface area contributed by atoms with Crippen molar-refractivity contribution in [1.82, 2.24) is 25.2 Å². The van der Waals surface area contributed by atoms with Gasteiger partial charge >= 0.3 is 16.4 Å². The van der Waals surface area contributed by atoms with Crippen LogP contribution in [-0.2, 0) is 38.3 Å². The van der Waals surface area contributed by atoms with Crippen LogP contribution in [0.4, 0.5) is 4.79 Å². The summed E-state index contributed by atoms with van der Waals surface area (Å²) in [5.41, 5.74) is -3.39. The van der Waals surface area contributed by atoms with Crippen molar-refractivity contribution in [2.75, 3.05) is 26.9 Å². The third-order valence-electron chi connectivity index (χ3n) is 11.1. The number of ether oxygens (including phenoxy) is 4. The Morgan fingerprint density at radius 1 is 1.11 bits per heavy atom. The van der Waals surface area contributed by atoms with Crippen LogP contribution in [0.25, 0.3) is 10.8 Å². The van der Waals surface area contributed by atoms with Crippen molar-refractivity contribution in [2.24, 2.45) is 17.8 Å². The summed E-state index contributed by atoms with van der Waals surface area (Å²) in [7, 11) is -2.97. The monoisotopic (exact) mass is 799 g/mol. The van der Waals surface area contributed by atoms with Gasteiger partial charge in [0.15, 0.2) is 0 Å². The zero-order valence-electron chi connectivity index (χ0n) is 32.8. The molecular weight excluding hydrogens is 747 g/mol. The molecule has 2 saturated heterocycles. The minimum atomic E-state index is -4.54. The van der Waals surface area contributed by atoms with E-state index in [9.17, 15) is 27.6 Å². The molecule has 2 aliphatic heterocycles. The normalized spacial score (nSPS) is 25.2. The molecule has 3 N–H and O–H groups in total. The van der Waals surface area contributed by atoms with E-state index in [2.05, 4.69) is 22.2 Å². The molecule has 4 fully saturated rings. The first kappa shape index (κ1) is 41.2. The number of carbonyl (C=O) groups excluding carboxylic acids is 4. The number of benzene rings is 1. The van der Waals surface area contributed by atoms with E-state index in [0.29, 0.717) is 50.0 Å². The van der Waals surface area contributed by atoms with E-state index in [-0.39, 0.29) is 37.1 Å². The van der Waals surface area contributed by atoms with Crippen LogP contribution in [0.15, 0.2) is 43.1 Å². The van der Waals surface area contributed by atoms with Gasteiger partial charge in [0, 0.05) is 37.1 Å².